The second kappa shape index (κ2) is 14.6. The Labute approximate surface area is 304 Å². The van der Waals surface area contributed by atoms with E-state index in [1.807, 2.05) is 56.6 Å². The normalized spacial score (nSPS) is 11.6. The van der Waals surface area contributed by atoms with Crippen LogP contribution >= 0.6 is 0 Å². The monoisotopic (exact) mass is 822 g/mol. The van der Waals surface area contributed by atoms with E-state index in [0.717, 1.165) is 62.3 Å². The van der Waals surface area contributed by atoms with Gasteiger partial charge in [0.2, 0.25) is 0 Å². The number of aryl methyl sites for hydroxylation is 3. The van der Waals surface area contributed by atoms with Gasteiger partial charge in [0, 0.05) is 55.1 Å². The van der Waals surface area contributed by atoms with E-state index < -0.39 is 0 Å². The van der Waals surface area contributed by atoms with Crippen LogP contribution < -0.4 is 0 Å². The van der Waals surface area contributed by atoms with Crippen molar-refractivity contribution in [3.05, 3.63) is 149 Å². The number of pyridine rings is 3. The van der Waals surface area contributed by atoms with Crippen LogP contribution in [-0.2, 0) is 31.9 Å². The summed E-state index contributed by atoms with van der Waals surface area (Å²) in [5.41, 5.74) is 12.4. The molecule has 0 saturated carbocycles. The van der Waals surface area contributed by atoms with E-state index in [1.165, 1.54) is 22.3 Å². The van der Waals surface area contributed by atoms with Crippen LogP contribution in [0.4, 0.5) is 0 Å². The molecular weight excluding hydrogens is 779 g/mol. The van der Waals surface area contributed by atoms with Gasteiger partial charge in [-0.15, -0.1) is 59.2 Å². The molecule has 0 amide bonds. The van der Waals surface area contributed by atoms with Gasteiger partial charge >= 0.3 is 0 Å². The number of nitrogens with zero attached hydrogens (tertiary/aromatic N) is 3. The van der Waals surface area contributed by atoms with Crippen LogP contribution in [0, 0.1) is 38.3 Å². The van der Waals surface area contributed by atoms with E-state index in [2.05, 4.69) is 124 Å². The summed E-state index contributed by atoms with van der Waals surface area (Å²) in [5, 5.41) is 2.12. The summed E-state index contributed by atoms with van der Waals surface area (Å²) >= 11 is 0. The minimum atomic E-state index is -0.285. The molecule has 4 aromatic heterocycles. The first-order valence-corrected chi connectivity index (χ1v) is 16.6. The number of fused-ring (bicyclic) bond motifs is 3. The molecule has 0 aliphatic heterocycles. The van der Waals surface area contributed by atoms with Crippen LogP contribution in [0.5, 0.6) is 0 Å². The zero-order valence-corrected chi connectivity index (χ0v) is 32.0. The maximum absolute atomic E-state index is 6.29. The van der Waals surface area contributed by atoms with Crippen LogP contribution in [0.25, 0.3) is 44.5 Å². The number of rotatable bonds is 5. The van der Waals surface area contributed by atoms with Crippen LogP contribution in [0.3, 0.4) is 0 Å². The summed E-state index contributed by atoms with van der Waals surface area (Å²) in [7, 11) is 0. The molecule has 1 radical (unpaired) electrons. The van der Waals surface area contributed by atoms with Crippen molar-refractivity contribution in [1.82, 2.24) is 15.0 Å². The number of hydrogen-bond donors (Lipinski definition) is 0. The maximum Gasteiger partial charge on any atom is 0.124 e. The molecule has 4 nitrogen and oxygen atoms in total. The molecule has 0 aliphatic rings. The van der Waals surface area contributed by atoms with Gasteiger partial charge in [-0.05, 0) is 54.3 Å². The smallest absolute Gasteiger partial charge is 0.124 e. The summed E-state index contributed by atoms with van der Waals surface area (Å²) in [4.78, 5) is 14.1. The third-order valence-corrected chi connectivity index (χ3v) is 8.59. The molecule has 0 atom stereocenters. The Morgan fingerprint density at radius 2 is 1.43 bits per heavy atom. The third kappa shape index (κ3) is 8.24. The fraction of sp³-hybridized carbons (Fsp3) is 0.250. The second-order valence-corrected chi connectivity index (χ2v) is 14.5. The van der Waals surface area contributed by atoms with E-state index in [1.54, 1.807) is 0 Å². The van der Waals surface area contributed by atoms with Gasteiger partial charge in [-0.1, -0.05) is 101 Å². The SMILES string of the molecule is Cc1c[c-]c(-c2ccc(C)cn2)cc1.Cc1cc2oc3c[c-]c(-c4cc(CC(C)(C)C)ccn4)cc3c2c(C(C)(C)c2ccccc2)n1.[Ir]. The molecule has 7 rings (SSSR count). The van der Waals surface area contributed by atoms with E-state index in [9.17, 15) is 0 Å². The molecule has 0 N–H and O–H groups in total. The molecule has 0 spiro atoms. The number of aromatic nitrogens is 3. The molecule has 0 aliphatic carbocycles. The van der Waals surface area contributed by atoms with Gasteiger partial charge in [0.15, 0.2) is 0 Å². The quantitative estimate of drug-likeness (QED) is 0.162. The van der Waals surface area contributed by atoms with Crippen LogP contribution in [0.15, 0.2) is 108 Å². The largest absolute Gasteiger partial charge is 0.500 e. The van der Waals surface area contributed by atoms with Gasteiger partial charge in [0.1, 0.15) is 5.58 Å². The standard InChI is InChI=1S/C31H31N2O.C13H12N.Ir/c1-20-16-27-28(29(33-20)31(5,6)23-10-8-7-9-11-23)24-18-22(12-13-26(24)34-27)25-17-21(14-15-32-25)19-30(2,3)4;1-10-3-6-12(7-4-10)13-8-5-11(2)9-14-13;/h7-11,13-18H,19H2,1-6H3;3-6,8-9H,1-2H3;/q2*-1;. The van der Waals surface area contributed by atoms with E-state index in [-0.39, 0.29) is 30.9 Å². The van der Waals surface area contributed by atoms with E-state index >= 15 is 0 Å². The van der Waals surface area contributed by atoms with Gasteiger partial charge in [0.05, 0.1) is 11.3 Å². The molecule has 49 heavy (non-hydrogen) atoms. The minimum Gasteiger partial charge on any atom is -0.500 e. The second-order valence-electron chi connectivity index (χ2n) is 14.5. The topological polar surface area (TPSA) is 51.8 Å². The van der Waals surface area contributed by atoms with E-state index in [0.29, 0.717) is 0 Å². The first kappa shape index (κ1) is 35.9. The van der Waals surface area contributed by atoms with Crippen molar-refractivity contribution in [2.45, 2.75) is 67.2 Å². The zero-order valence-electron chi connectivity index (χ0n) is 29.6. The molecule has 3 aromatic carbocycles. The average molecular weight is 822 g/mol. The van der Waals surface area contributed by atoms with Crippen LogP contribution in [0.1, 0.15) is 68.3 Å². The van der Waals surface area contributed by atoms with Gasteiger partial charge < -0.3 is 14.4 Å². The molecule has 0 saturated heterocycles. The first-order valence-electron chi connectivity index (χ1n) is 16.6. The summed E-state index contributed by atoms with van der Waals surface area (Å²) in [6.45, 7) is 17.4. The van der Waals surface area contributed by atoms with Crippen molar-refractivity contribution in [3.63, 3.8) is 0 Å². The minimum absolute atomic E-state index is 0. The summed E-state index contributed by atoms with van der Waals surface area (Å²) < 4.78 is 6.29. The van der Waals surface area contributed by atoms with Crippen molar-refractivity contribution in [2.75, 3.05) is 0 Å². The Hall–Kier alpha value is -4.44. The van der Waals surface area contributed by atoms with Gasteiger partial charge in [-0.2, -0.15) is 0 Å². The molecule has 5 heteroatoms. The van der Waals surface area contributed by atoms with Crippen LogP contribution in [0.2, 0.25) is 0 Å². The summed E-state index contributed by atoms with van der Waals surface area (Å²) in [6.07, 6.45) is 4.78. The van der Waals surface area contributed by atoms with Crippen molar-refractivity contribution in [3.8, 4) is 22.5 Å². The van der Waals surface area contributed by atoms with Crippen molar-refractivity contribution >= 4 is 21.9 Å². The Balaban J connectivity index is 0.000000262. The van der Waals surface area contributed by atoms with Gasteiger partial charge in [-0.3, -0.25) is 4.98 Å². The molecule has 251 valence electrons. The number of furan rings is 1. The molecule has 0 fully saturated rings. The van der Waals surface area contributed by atoms with Crippen LogP contribution in [-0.4, -0.2) is 15.0 Å². The Kier molecular flexibility index (Phi) is 10.7. The van der Waals surface area contributed by atoms with Gasteiger partial charge in [0.25, 0.3) is 0 Å². The predicted molar refractivity (Wildman–Crippen MR) is 198 cm³/mol. The predicted octanol–water partition coefficient (Wildman–Crippen LogP) is 11.2. The first-order chi connectivity index (χ1) is 22.9. The van der Waals surface area contributed by atoms with E-state index in [4.69, 9.17) is 9.40 Å². The zero-order chi connectivity index (χ0) is 34.1. The Morgan fingerprint density at radius 1 is 0.694 bits per heavy atom. The third-order valence-electron chi connectivity index (χ3n) is 8.59. The fourth-order valence-corrected chi connectivity index (χ4v) is 6.08. The van der Waals surface area contributed by atoms with Crippen molar-refractivity contribution < 1.29 is 24.5 Å². The summed E-state index contributed by atoms with van der Waals surface area (Å²) in [6, 6.07) is 37.8. The molecule has 7 aromatic rings. The molecular formula is C44H43IrN3O-2. The summed E-state index contributed by atoms with van der Waals surface area (Å²) in [5.74, 6) is 0. The fourth-order valence-electron chi connectivity index (χ4n) is 6.08. The Morgan fingerprint density at radius 3 is 2.10 bits per heavy atom. The Bertz CT molecular complexity index is 2130. The van der Waals surface area contributed by atoms with Crippen molar-refractivity contribution in [2.24, 2.45) is 5.41 Å². The maximum atomic E-state index is 6.29. The molecule has 4 heterocycles. The number of hydrogen-bond acceptors (Lipinski definition) is 4. The molecule has 0 bridgehead atoms. The van der Waals surface area contributed by atoms with Crippen molar-refractivity contribution in [1.29, 1.82) is 0 Å². The van der Waals surface area contributed by atoms with Gasteiger partial charge in [-0.25, -0.2) is 0 Å². The molecule has 0 unspecified atom stereocenters. The number of benzene rings is 3. The average Bonchev–Trinajstić information content (AvgIpc) is 3.42.